The Morgan fingerprint density at radius 1 is 1.22 bits per heavy atom. The summed E-state index contributed by atoms with van der Waals surface area (Å²) in [6, 6.07) is 6.61. The van der Waals surface area contributed by atoms with Crippen LogP contribution in [0.2, 0.25) is 0 Å². The van der Waals surface area contributed by atoms with Crippen LogP contribution in [0.4, 0.5) is 15.0 Å². The number of amides is 3. The molecule has 0 saturated carbocycles. The Morgan fingerprint density at radius 3 is 2.68 bits per heavy atom. The Bertz CT molecular complexity index is 1590. The molecule has 216 valence electrons. The normalized spacial score (nSPS) is 15.4. The molecule has 41 heavy (non-hydrogen) atoms. The maximum absolute atomic E-state index is 15.4. The Balaban J connectivity index is 1.35. The lowest BCUT2D eigenvalue weighted by atomic mass is 9.96. The second kappa shape index (κ2) is 10.8. The fourth-order valence-corrected chi connectivity index (χ4v) is 4.73. The zero-order chi connectivity index (χ0) is 29.5. The van der Waals surface area contributed by atoms with Crippen molar-refractivity contribution in [2.75, 3.05) is 39.1 Å². The molecular formula is C28H34FN9O3. The third kappa shape index (κ3) is 5.70. The molecule has 1 aliphatic heterocycles. The second-order valence-electron chi connectivity index (χ2n) is 11.5. The van der Waals surface area contributed by atoms with Gasteiger partial charge >= 0.3 is 17.8 Å². The fourth-order valence-electron chi connectivity index (χ4n) is 4.73. The monoisotopic (exact) mass is 563 g/mol. The van der Waals surface area contributed by atoms with E-state index >= 15 is 4.39 Å². The number of carbonyl (C=O) groups is 2. The fraction of sp³-hybridized carbons (Fsp3) is 0.429. The molecule has 12 nitrogen and oxygen atoms in total. The van der Waals surface area contributed by atoms with Crippen LogP contribution in [0.15, 0.2) is 35.0 Å². The van der Waals surface area contributed by atoms with Crippen molar-refractivity contribution in [1.82, 2.24) is 40.4 Å². The van der Waals surface area contributed by atoms with Gasteiger partial charge in [-0.05, 0) is 29.7 Å². The van der Waals surface area contributed by atoms with Crippen LogP contribution in [-0.2, 0) is 12.0 Å². The van der Waals surface area contributed by atoms with E-state index in [-0.39, 0.29) is 29.9 Å². The summed E-state index contributed by atoms with van der Waals surface area (Å²) in [4.78, 5) is 38.5. The molecule has 1 aliphatic rings. The number of aromatic amines is 1. The summed E-state index contributed by atoms with van der Waals surface area (Å²) < 4.78 is 20.6. The van der Waals surface area contributed by atoms with E-state index in [4.69, 9.17) is 4.52 Å². The topological polar surface area (TPSA) is 136 Å². The highest BCUT2D eigenvalue weighted by atomic mass is 19.1. The Labute approximate surface area is 236 Å². The Morgan fingerprint density at radius 2 is 2.00 bits per heavy atom. The number of halogens is 1. The molecule has 0 radical (unpaired) electrons. The van der Waals surface area contributed by atoms with Crippen molar-refractivity contribution in [2.45, 2.75) is 45.2 Å². The number of fused-ring (bicyclic) bond motifs is 1. The first-order valence-corrected chi connectivity index (χ1v) is 13.4. The minimum Gasteiger partial charge on any atom is -0.352 e. The summed E-state index contributed by atoms with van der Waals surface area (Å²) >= 11 is 0. The number of H-pyrrole nitrogens is 1. The average molecular weight is 564 g/mol. The predicted molar refractivity (Wildman–Crippen MR) is 151 cm³/mol. The predicted octanol–water partition coefficient (Wildman–Crippen LogP) is 3.57. The molecule has 1 fully saturated rings. The van der Waals surface area contributed by atoms with Crippen molar-refractivity contribution in [3.05, 3.63) is 53.6 Å². The van der Waals surface area contributed by atoms with Gasteiger partial charge in [0, 0.05) is 64.0 Å². The van der Waals surface area contributed by atoms with Gasteiger partial charge in [0.2, 0.25) is 0 Å². The quantitative estimate of drug-likeness (QED) is 0.363. The van der Waals surface area contributed by atoms with Crippen molar-refractivity contribution >= 4 is 28.8 Å². The maximum Gasteiger partial charge on any atom is 0.317 e. The highest BCUT2D eigenvalue weighted by Crippen LogP contribution is 2.35. The van der Waals surface area contributed by atoms with Gasteiger partial charge in [0.25, 0.3) is 0 Å². The Hall–Kier alpha value is -4.55. The smallest absolute Gasteiger partial charge is 0.317 e. The summed E-state index contributed by atoms with van der Waals surface area (Å²) in [6.07, 6.45) is 2.43. The van der Waals surface area contributed by atoms with Crippen LogP contribution in [-0.4, -0.2) is 87.3 Å². The maximum atomic E-state index is 15.4. The van der Waals surface area contributed by atoms with Crippen molar-refractivity contribution in [2.24, 2.45) is 0 Å². The molecule has 3 aromatic heterocycles. The summed E-state index contributed by atoms with van der Waals surface area (Å²) in [7, 11) is 4.97. The molecule has 0 bridgehead atoms. The number of rotatable bonds is 6. The molecule has 13 heteroatoms. The highest BCUT2D eigenvalue weighted by Gasteiger charge is 2.29. The van der Waals surface area contributed by atoms with Crippen molar-refractivity contribution in [3.8, 4) is 11.1 Å². The number of hydrogen-bond donors (Lipinski definition) is 2. The first-order valence-electron chi connectivity index (χ1n) is 13.4. The number of aromatic nitrogens is 5. The third-order valence-corrected chi connectivity index (χ3v) is 7.06. The van der Waals surface area contributed by atoms with Crippen LogP contribution >= 0.6 is 0 Å². The van der Waals surface area contributed by atoms with E-state index < -0.39 is 11.7 Å². The zero-order valence-corrected chi connectivity index (χ0v) is 24.0. The largest absolute Gasteiger partial charge is 0.352 e. The number of pyridine rings is 1. The molecule has 1 aromatic carbocycles. The van der Waals surface area contributed by atoms with Gasteiger partial charge in [0.05, 0.1) is 5.39 Å². The molecule has 0 unspecified atom stereocenters. The summed E-state index contributed by atoms with van der Waals surface area (Å²) in [5.74, 6) is 0.0572. The van der Waals surface area contributed by atoms with Crippen LogP contribution in [0.25, 0.3) is 22.2 Å². The van der Waals surface area contributed by atoms with Gasteiger partial charge in [-0.25, -0.2) is 14.2 Å². The van der Waals surface area contributed by atoms with Gasteiger partial charge in [-0.1, -0.05) is 38.1 Å². The average Bonchev–Trinajstić information content (AvgIpc) is 3.68. The van der Waals surface area contributed by atoms with E-state index in [1.54, 1.807) is 33.4 Å². The van der Waals surface area contributed by atoms with E-state index in [9.17, 15) is 9.59 Å². The molecular weight excluding hydrogens is 529 g/mol. The van der Waals surface area contributed by atoms with E-state index in [1.807, 2.05) is 32.9 Å². The van der Waals surface area contributed by atoms with Gasteiger partial charge in [0.15, 0.2) is 17.3 Å². The number of hydrogen-bond acceptors (Lipinski definition) is 8. The van der Waals surface area contributed by atoms with Crippen LogP contribution in [0.3, 0.4) is 0 Å². The molecule has 0 spiro atoms. The SMILES string of the molecule is CN(C)C(=O)N[C@@H]1CCN(c2n[nH]c3nccc(-c4ccc(CN(C)C(=O)c5nc(C(C)(C)C)no5)c(F)c4)c23)C1. The van der Waals surface area contributed by atoms with Crippen LogP contribution in [0, 0.1) is 5.82 Å². The van der Waals surface area contributed by atoms with Gasteiger partial charge in [-0.3, -0.25) is 9.89 Å². The molecule has 3 amide bonds. The van der Waals surface area contributed by atoms with Gasteiger partial charge in [-0.2, -0.15) is 10.1 Å². The summed E-state index contributed by atoms with van der Waals surface area (Å²) in [6.45, 7) is 7.08. The number of anilines is 1. The van der Waals surface area contributed by atoms with Crippen LogP contribution < -0.4 is 10.2 Å². The molecule has 2 N–H and O–H groups in total. The van der Waals surface area contributed by atoms with Crippen LogP contribution in [0.5, 0.6) is 0 Å². The van der Waals surface area contributed by atoms with Gasteiger partial charge < -0.3 is 24.5 Å². The third-order valence-electron chi connectivity index (χ3n) is 7.06. The van der Waals surface area contributed by atoms with Crippen molar-refractivity contribution in [3.63, 3.8) is 0 Å². The van der Waals surface area contributed by atoms with E-state index in [2.05, 4.69) is 35.5 Å². The Kier molecular flexibility index (Phi) is 7.37. The van der Waals surface area contributed by atoms with E-state index in [0.717, 1.165) is 17.4 Å². The minimum atomic E-state index is -0.485. The van der Waals surface area contributed by atoms with E-state index in [0.29, 0.717) is 41.5 Å². The zero-order valence-electron chi connectivity index (χ0n) is 24.0. The number of benzene rings is 1. The molecule has 4 aromatic rings. The molecule has 1 saturated heterocycles. The lowest BCUT2D eigenvalue weighted by Crippen LogP contribution is -2.42. The van der Waals surface area contributed by atoms with Gasteiger partial charge in [0.1, 0.15) is 5.82 Å². The summed E-state index contributed by atoms with van der Waals surface area (Å²) in [5, 5.41) is 15.2. The summed E-state index contributed by atoms with van der Waals surface area (Å²) in [5.41, 5.74) is 1.99. The number of nitrogens with one attached hydrogen (secondary N) is 2. The molecule has 0 aliphatic carbocycles. The first kappa shape index (κ1) is 28.0. The lowest BCUT2D eigenvalue weighted by molar-refractivity contribution is 0.0734. The molecule has 5 rings (SSSR count). The van der Waals surface area contributed by atoms with Crippen molar-refractivity contribution < 1.29 is 18.5 Å². The highest BCUT2D eigenvalue weighted by molar-refractivity contribution is 6.00. The first-order chi connectivity index (χ1) is 19.4. The number of nitrogens with zero attached hydrogens (tertiary/aromatic N) is 7. The van der Waals surface area contributed by atoms with Crippen LogP contribution in [0.1, 0.15) is 49.3 Å². The minimum absolute atomic E-state index is 0.0135. The molecule has 4 heterocycles. The van der Waals surface area contributed by atoms with Crippen molar-refractivity contribution in [1.29, 1.82) is 0 Å². The second-order valence-corrected chi connectivity index (χ2v) is 11.5. The standard InChI is InChI=1S/C28H34FN9O3/c1-28(2,3)26-32-24(41-35-26)25(39)37(6)14-17-8-7-16(13-20(17)29)19-9-11-30-22-21(19)23(34-33-22)38-12-10-18(15-38)31-27(40)36(4)5/h7-9,11,13,18H,10,12,14-15H2,1-6H3,(H,31,40)(H,30,33,34)/t18-/m1/s1. The molecule has 1 atom stereocenters. The lowest BCUT2D eigenvalue weighted by Gasteiger charge is -2.19. The van der Waals surface area contributed by atoms with Gasteiger partial charge in [-0.15, -0.1) is 0 Å². The van der Waals surface area contributed by atoms with E-state index in [1.165, 1.54) is 15.9 Å². The number of carbonyl (C=O) groups excluding carboxylic acids is 2. The number of urea groups is 1.